The monoisotopic (exact) mass is 328 g/mol. The van der Waals surface area contributed by atoms with Crippen molar-refractivity contribution in [1.82, 2.24) is 4.57 Å². The van der Waals surface area contributed by atoms with E-state index in [1.807, 2.05) is 13.0 Å². The highest BCUT2D eigenvalue weighted by atomic mass is 19.1. The summed E-state index contributed by atoms with van der Waals surface area (Å²) in [7, 11) is 0. The van der Waals surface area contributed by atoms with Crippen molar-refractivity contribution in [3.8, 4) is 11.9 Å². The summed E-state index contributed by atoms with van der Waals surface area (Å²) in [5.74, 6) is -0.768. The minimum Gasteiger partial charge on any atom is -0.493 e. The topological polar surface area (TPSA) is 90.7 Å². The Labute approximate surface area is 138 Å². The van der Waals surface area contributed by atoms with Crippen LogP contribution in [-0.4, -0.2) is 9.67 Å². The molecular weight excluding hydrogens is 311 g/mol. The second kappa shape index (κ2) is 7.04. The van der Waals surface area contributed by atoms with Crippen molar-refractivity contribution in [2.45, 2.75) is 33.2 Å². The number of benzene rings is 1. The number of rotatable bonds is 4. The predicted molar refractivity (Wildman–Crippen MR) is 87.4 cm³/mol. The van der Waals surface area contributed by atoms with Crippen LogP contribution in [0.5, 0.6) is 5.88 Å². The van der Waals surface area contributed by atoms with Crippen LogP contribution >= 0.6 is 0 Å². The quantitative estimate of drug-likeness (QED) is 0.850. The second-order valence-corrected chi connectivity index (χ2v) is 5.39. The fourth-order valence-electron chi connectivity index (χ4n) is 2.24. The summed E-state index contributed by atoms with van der Waals surface area (Å²) in [4.78, 5) is 12.6. The van der Waals surface area contributed by atoms with Gasteiger partial charge in [0.1, 0.15) is 17.4 Å². The van der Waals surface area contributed by atoms with E-state index in [1.54, 1.807) is 6.92 Å². The fourth-order valence-corrected chi connectivity index (χ4v) is 2.24. The second-order valence-electron chi connectivity index (χ2n) is 5.39. The van der Waals surface area contributed by atoms with Crippen LogP contribution in [0.15, 0.2) is 39.3 Å². The standard InChI is InChI=1S/C17H17FN4O2/c1-4-10(2)22-16(23)14(9-19)11(3)15(17(22)24)21-20-13-7-5-12(18)6-8-13/h5-8,10,23H,4H2,1-3H3. The Morgan fingerprint density at radius 1 is 1.33 bits per heavy atom. The van der Waals surface area contributed by atoms with Gasteiger partial charge in [-0.25, -0.2) is 4.39 Å². The summed E-state index contributed by atoms with van der Waals surface area (Å²) < 4.78 is 14.1. The molecule has 0 saturated heterocycles. The lowest BCUT2D eigenvalue weighted by Gasteiger charge is -2.17. The van der Waals surface area contributed by atoms with E-state index in [0.717, 1.165) is 4.57 Å². The lowest BCUT2D eigenvalue weighted by molar-refractivity contribution is 0.372. The Hall–Kier alpha value is -3.01. The fraction of sp³-hybridized carbons (Fsp3) is 0.294. The van der Waals surface area contributed by atoms with Crippen LogP contribution in [0, 0.1) is 24.1 Å². The molecule has 0 bridgehead atoms. The molecule has 0 aliphatic rings. The molecule has 124 valence electrons. The molecule has 0 aliphatic heterocycles. The first-order valence-electron chi connectivity index (χ1n) is 7.46. The van der Waals surface area contributed by atoms with E-state index in [0.29, 0.717) is 12.1 Å². The highest BCUT2D eigenvalue weighted by Gasteiger charge is 2.21. The zero-order valence-electron chi connectivity index (χ0n) is 13.6. The Bertz CT molecular complexity index is 879. The average Bonchev–Trinajstić information content (AvgIpc) is 2.56. The number of nitrogens with zero attached hydrogens (tertiary/aromatic N) is 4. The molecular formula is C17H17FN4O2. The molecule has 1 unspecified atom stereocenters. The summed E-state index contributed by atoms with van der Waals surface area (Å²) >= 11 is 0. The largest absolute Gasteiger partial charge is 0.493 e. The molecule has 0 aliphatic carbocycles. The maximum Gasteiger partial charge on any atom is 0.281 e. The van der Waals surface area contributed by atoms with Gasteiger partial charge in [0.2, 0.25) is 5.88 Å². The molecule has 1 atom stereocenters. The zero-order valence-corrected chi connectivity index (χ0v) is 13.6. The van der Waals surface area contributed by atoms with E-state index in [1.165, 1.54) is 31.2 Å². The van der Waals surface area contributed by atoms with Crippen molar-refractivity contribution < 1.29 is 9.50 Å². The molecule has 0 saturated carbocycles. The van der Waals surface area contributed by atoms with Crippen LogP contribution in [0.1, 0.15) is 37.4 Å². The highest BCUT2D eigenvalue weighted by molar-refractivity contribution is 5.57. The average molecular weight is 328 g/mol. The smallest absolute Gasteiger partial charge is 0.281 e. The minimum absolute atomic E-state index is 0.0112. The number of halogens is 1. The van der Waals surface area contributed by atoms with Gasteiger partial charge in [0, 0.05) is 11.6 Å². The molecule has 6 nitrogen and oxygen atoms in total. The Kier molecular flexibility index (Phi) is 5.09. The van der Waals surface area contributed by atoms with Gasteiger partial charge in [-0.2, -0.15) is 10.4 Å². The normalized spacial score (nSPS) is 12.3. The van der Waals surface area contributed by atoms with Crippen LogP contribution < -0.4 is 5.56 Å². The first-order chi connectivity index (χ1) is 11.4. The van der Waals surface area contributed by atoms with Gasteiger partial charge in [-0.15, -0.1) is 5.11 Å². The predicted octanol–water partition coefficient (Wildman–Crippen LogP) is 4.26. The van der Waals surface area contributed by atoms with Crippen molar-refractivity contribution >= 4 is 11.4 Å². The van der Waals surface area contributed by atoms with E-state index in [9.17, 15) is 19.6 Å². The van der Waals surface area contributed by atoms with Crippen molar-refractivity contribution in [2.75, 3.05) is 0 Å². The van der Waals surface area contributed by atoms with E-state index in [-0.39, 0.29) is 28.7 Å². The lowest BCUT2D eigenvalue weighted by Crippen LogP contribution is -2.24. The molecule has 1 heterocycles. The van der Waals surface area contributed by atoms with Gasteiger partial charge in [0.15, 0.2) is 5.69 Å². The van der Waals surface area contributed by atoms with Gasteiger partial charge in [0.05, 0.1) is 5.69 Å². The molecule has 24 heavy (non-hydrogen) atoms. The number of hydrogen-bond donors (Lipinski definition) is 1. The SMILES string of the molecule is CCC(C)n1c(O)c(C#N)c(C)c(N=Nc2ccc(F)cc2)c1=O. The first kappa shape index (κ1) is 17.3. The molecule has 2 rings (SSSR count). The van der Waals surface area contributed by atoms with E-state index in [4.69, 9.17) is 0 Å². The highest BCUT2D eigenvalue weighted by Crippen LogP contribution is 2.29. The van der Waals surface area contributed by atoms with Gasteiger partial charge in [-0.3, -0.25) is 9.36 Å². The third-order valence-corrected chi connectivity index (χ3v) is 3.84. The summed E-state index contributed by atoms with van der Waals surface area (Å²) in [6.07, 6.45) is 0.593. The molecule has 0 fully saturated rings. The Morgan fingerprint density at radius 3 is 2.50 bits per heavy atom. The number of hydrogen-bond acceptors (Lipinski definition) is 5. The van der Waals surface area contributed by atoms with Crippen molar-refractivity contribution in [3.05, 3.63) is 51.6 Å². The molecule has 0 spiro atoms. The van der Waals surface area contributed by atoms with Gasteiger partial charge >= 0.3 is 0 Å². The van der Waals surface area contributed by atoms with Crippen LogP contribution in [0.25, 0.3) is 0 Å². The molecule has 0 amide bonds. The van der Waals surface area contributed by atoms with Crippen molar-refractivity contribution in [3.63, 3.8) is 0 Å². The van der Waals surface area contributed by atoms with Gasteiger partial charge in [0.25, 0.3) is 5.56 Å². The van der Waals surface area contributed by atoms with Crippen LogP contribution in [-0.2, 0) is 0 Å². The molecule has 1 aromatic carbocycles. The van der Waals surface area contributed by atoms with Gasteiger partial charge in [-0.05, 0) is 44.5 Å². The Morgan fingerprint density at radius 2 is 1.96 bits per heavy atom. The number of aromatic nitrogens is 1. The van der Waals surface area contributed by atoms with E-state index >= 15 is 0 Å². The molecule has 2 aromatic rings. The van der Waals surface area contributed by atoms with Gasteiger partial charge in [-0.1, -0.05) is 6.92 Å². The maximum atomic E-state index is 12.9. The number of aromatic hydroxyl groups is 1. The van der Waals surface area contributed by atoms with Crippen LogP contribution in [0.4, 0.5) is 15.8 Å². The van der Waals surface area contributed by atoms with Crippen molar-refractivity contribution in [2.24, 2.45) is 10.2 Å². The molecule has 1 N–H and O–H groups in total. The molecule has 1 aromatic heterocycles. The summed E-state index contributed by atoms with van der Waals surface area (Å²) in [5.41, 5.74) is 0.0726. The Balaban J connectivity index is 2.63. The third-order valence-electron chi connectivity index (χ3n) is 3.84. The summed E-state index contributed by atoms with van der Waals surface area (Å²) in [6.45, 7) is 5.15. The molecule has 7 heteroatoms. The van der Waals surface area contributed by atoms with E-state index in [2.05, 4.69) is 10.2 Å². The summed E-state index contributed by atoms with van der Waals surface area (Å²) in [6, 6.07) is 6.91. The third kappa shape index (κ3) is 3.18. The lowest BCUT2D eigenvalue weighted by atomic mass is 10.1. The number of pyridine rings is 1. The van der Waals surface area contributed by atoms with Gasteiger partial charge < -0.3 is 5.11 Å². The summed E-state index contributed by atoms with van der Waals surface area (Å²) in [5, 5.41) is 27.4. The minimum atomic E-state index is -0.524. The molecule has 0 radical (unpaired) electrons. The number of azo groups is 1. The zero-order chi connectivity index (χ0) is 17.9. The maximum absolute atomic E-state index is 12.9. The van der Waals surface area contributed by atoms with E-state index < -0.39 is 11.4 Å². The number of nitriles is 1. The van der Waals surface area contributed by atoms with Crippen LogP contribution in [0.2, 0.25) is 0 Å². The van der Waals surface area contributed by atoms with Crippen molar-refractivity contribution in [1.29, 1.82) is 5.26 Å². The first-order valence-corrected chi connectivity index (χ1v) is 7.46. The van der Waals surface area contributed by atoms with Crippen LogP contribution in [0.3, 0.4) is 0 Å².